The lowest BCUT2D eigenvalue weighted by Crippen LogP contribution is -2.23. The first kappa shape index (κ1) is 8.93. The van der Waals surface area contributed by atoms with Gasteiger partial charge in [0.2, 0.25) is 0 Å². The predicted octanol–water partition coefficient (Wildman–Crippen LogP) is 0.153. The number of carbonyl (C=O) groups excluding carboxylic acids is 3. The molecule has 0 N–H and O–H groups in total. The molecule has 2 aliphatic heterocycles. The van der Waals surface area contributed by atoms with E-state index in [0.29, 0.717) is 12.2 Å². The molecule has 5 heteroatoms. The van der Waals surface area contributed by atoms with Gasteiger partial charge in [-0.25, -0.2) is 0 Å². The van der Waals surface area contributed by atoms with E-state index in [1.807, 2.05) is 0 Å². The number of ether oxygens (including phenoxy) is 2. The average molecular weight is 196 g/mol. The lowest BCUT2D eigenvalue weighted by molar-refractivity contribution is -0.155. The number of esters is 3. The monoisotopic (exact) mass is 196 g/mol. The smallest absolute Gasteiger partial charge is 0.318 e. The SMILES string of the molecule is C=C1CC(C2CC(=O)OC2=O)C(=O)O1. The molecule has 0 amide bonds. The van der Waals surface area contributed by atoms with Gasteiger partial charge in [0.25, 0.3) is 0 Å². The van der Waals surface area contributed by atoms with Crippen LogP contribution in [0.5, 0.6) is 0 Å². The summed E-state index contributed by atoms with van der Waals surface area (Å²) in [6.07, 6.45) is 0.262. The molecular formula is C9H8O5. The van der Waals surface area contributed by atoms with Gasteiger partial charge in [-0.1, -0.05) is 6.58 Å². The largest absolute Gasteiger partial charge is 0.431 e. The van der Waals surface area contributed by atoms with E-state index in [1.54, 1.807) is 0 Å². The van der Waals surface area contributed by atoms with Crippen molar-refractivity contribution in [1.29, 1.82) is 0 Å². The molecule has 2 rings (SSSR count). The summed E-state index contributed by atoms with van der Waals surface area (Å²) in [4.78, 5) is 33.2. The molecule has 0 aliphatic carbocycles. The molecular weight excluding hydrogens is 188 g/mol. The van der Waals surface area contributed by atoms with E-state index in [1.165, 1.54) is 0 Å². The Hall–Kier alpha value is -1.65. The van der Waals surface area contributed by atoms with Crippen LogP contribution in [0.2, 0.25) is 0 Å². The molecule has 74 valence electrons. The number of rotatable bonds is 1. The van der Waals surface area contributed by atoms with Crippen molar-refractivity contribution < 1.29 is 23.9 Å². The number of cyclic esters (lactones) is 3. The van der Waals surface area contributed by atoms with Gasteiger partial charge in [0.15, 0.2) is 0 Å². The third-order valence-electron chi connectivity index (χ3n) is 2.38. The molecule has 0 saturated carbocycles. The van der Waals surface area contributed by atoms with Crippen molar-refractivity contribution in [2.75, 3.05) is 0 Å². The highest BCUT2D eigenvalue weighted by molar-refractivity contribution is 5.97. The van der Waals surface area contributed by atoms with Crippen LogP contribution in [0.1, 0.15) is 12.8 Å². The topological polar surface area (TPSA) is 69.7 Å². The fourth-order valence-electron chi connectivity index (χ4n) is 1.69. The maximum atomic E-state index is 11.2. The van der Waals surface area contributed by atoms with Crippen LogP contribution in [-0.2, 0) is 23.9 Å². The summed E-state index contributed by atoms with van der Waals surface area (Å²) in [5.74, 6) is -2.65. The highest BCUT2D eigenvalue weighted by atomic mass is 16.6. The van der Waals surface area contributed by atoms with Crippen LogP contribution < -0.4 is 0 Å². The van der Waals surface area contributed by atoms with Gasteiger partial charge in [-0.2, -0.15) is 0 Å². The molecule has 0 aromatic heterocycles. The summed E-state index contributed by atoms with van der Waals surface area (Å²) in [6, 6.07) is 0. The minimum atomic E-state index is -0.686. The Kier molecular flexibility index (Phi) is 1.87. The van der Waals surface area contributed by atoms with Crippen LogP contribution in [-0.4, -0.2) is 17.9 Å². The predicted molar refractivity (Wildman–Crippen MR) is 42.5 cm³/mol. The Morgan fingerprint density at radius 1 is 1.00 bits per heavy atom. The highest BCUT2D eigenvalue weighted by Crippen LogP contribution is 2.34. The molecule has 0 bridgehead atoms. The third-order valence-corrected chi connectivity index (χ3v) is 2.38. The fraction of sp³-hybridized carbons (Fsp3) is 0.444. The highest BCUT2D eigenvalue weighted by Gasteiger charge is 2.46. The van der Waals surface area contributed by atoms with Crippen LogP contribution in [0.15, 0.2) is 12.3 Å². The number of hydrogen-bond donors (Lipinski definition) is 0. The molecule has 2 fully saturated rings. The van der Waals surface area contributed by atoms with Crippen LogP contribution in [0.25, 0.3) is 0 Å². The lowest BCUT2D eigenvalue weighted by Gasteiger charge is -2.07. The van der Waals surface area contributed by atoms with E-state index >= 15 is 0 Å². The third kappa shape index (κ3) is 1.30. The fourth-order valence-corrected chi connectivity index (χ4v) is 1.69. The van der Waals surface area contributed by atoms with Gasteiger partial charge < -0.3 is 9.47 Å². The molecule has 0 spiro atoms. The van der Waals surface area contributed by atoms with E-state index in [9.17, 15) is 14.4 Å². The number of carbonyl (C=O) groups is 3. The zero-order valence-electron chi connectivity index (χ0n) is 7.32. The maximum Gasteiger partial charge on any atom is 0.318 e. The summed E-state index contributed by atoms with van der Waals surface area (Å²) < 4.78 is 9.07. The minimum Gasteiger partial charge on any atom is -0.431 e. The van der Waals surface area contributed by atoms with Crippen molar-refractivity contribution in [3.05, 3.63) is 12.3 Å². The number of allylic oxidation sites excluding steroid dienone is 1. The van der Waals surface area contributed by atoms with Gasteiger partial charge >= 0.3 is 17.9 Å². The van der Waals surface area contributed by atoms with Crippen molar-refractivity contribution >= 4 is 17.9 Å². The molecule has 14 heavy (non-hydrogen) atoms. The Bertz CT molecular complexity index is 309. The molecule has 2 aliphatic rings. The van der Waals surface area contributed by atoms with Crippen molar-refractivity contribution in [2.24, 2.45) is 11.8 Å². The molecule has 0 aromatic carbocycles. The van der Waals surface area contributed by atoms with Gasteiger partial charge in [-0.15, -0.1) is 0 Å². The quantitative estimate of drug-likeness (QED) is 0.441. The standard InChI is InChI=1S/C9H8O5/c1-4-2-5(8(11)13-4)6-3-7(10)14-9(6)12/h5-6H,1-3H2. The van der Waals surface area contributed by atoms with Crippen molar-refractivity contribution in [2.45, 2.75) is 12.8 Å². The first-order valence-electron chi connectivity index (χ1n) is 4.22. The van der Waals surface area contributed by atoms with Crippen molar-refractivity contribution in [3.8, 4) is 0 Å². The summed E-state index contributed by atoms with van der Waals surface area (Å²) in [7, 11) is 0. The Labute approximate surface area is 79.7 Å². The zero-order valence-corrected chi connectivity index (χ0v) is 7.32. The molecule has 2 saturated heterocycles. The van der Waals surface area contributed by atoms with E-state index in [4.69, 9.17) is 4.74 Å². The second kappa shape index (κ2) is 2.94. The van der Waals surface area contributed by atoms with Crippen LogP contribution in [0.4, 0.5) is 0 Å². The first-order chi connectivity index (χ1) is 6.58. The Morgan fingerprint density at radius 3 is 2.00 bits per heavy atom. The number of hydrogen-bond acceptors (Lipinski definition) is 5. The summed E-state index contributed by atoms with van der Waals surface area (Å²) >= 11 is 0. The first-order valence-corrected chi connectivity index (χ1v) is 4.22. The molecule has 2 heterocycles. The normalized spacial score (nSPS) is 32.0. The average Bonchev–Trinajstić information content (AvgIpc) is 2.55. The summed E-state index contributed by atoms with van der Waals surface area (Å²) in [5, 5.41) is 0. The van der Waals surface area contributed by atoms with Crippen LogP contribution in [0, 0.1) is 11.8 Å². The molecule has 5 nitrogen and oxygen atoms in total. The zero-order chi connectivity index (χ0) is 10.3. The van der Waals surface area contributed by atoms with Crippen molar-refractivity contribution in [1.82, 2.24) is 0 Å². The molecule has 0 radical (unpaired) electrons. The lowest BCUT2D eigenvalue weighted by atomic mass is 9.89. The van der Waals surface area contributed by atoms with E-state index in [2.05, 4.69) is 11.3 Å². The van der Waals surface area contributed by atoms with Gasteiger partial charge in [0.05, 0.1) is 18.3 Å². The van der Waals surface area contributed by atoms with E-state index in [0.717, 1.165) is 0 Å². The summed E-state index contributed by atoms with van der Waals surface area (Å²) in [5.41, 5.74) is 0. The van der Waals surface area contributed by atoms with Gasteiger partial charge in [-0.3, -0.25) is 14.4 Å². The summed E-state index contributed by atoms with van der Waals surface area (Å²) in [6.45, 7) is 3.49. The van der Waals surface area contributed by atoms with E-state index < -0.39 is 29.7 Å². The van der Waals surface area contributed by atoms with Crippen LogP contribution in [0.3, 0.4) is 0 Å². The van der Waals surface area contributed by atoms with Gasteiger partial charge in [-0.05, 0) is 0 Å². The second-order valence-electron chi connectivity index (χ2n) is 3.37. The Morgan fingerprint density at radius 2 is 1.57 bits per heavy atom. The molecule has 0 aromatic rings. The second-order valence-corrected chi connectivity index (χ2v) is 3.37. The molecule has 2 unspecified atom stereocenters. The van der Waals surface area contributed by atoms with Crippen LogP contribution >= 0.6 is 0 Å². The van der Waals surface area contributed by atoms with Gasteiger partial charge in [0, 0.05) is 6.42 Å². The van der Waals surface area contributed by atoms with Crippen molar-refractivity contribution in [3.63, 3.8) is 0 Å². The van der Waals surface area contributed by atoms with E-state index in [-0.39, 0.29) is 6.42 Å². The molecule has 2 atom stereocenters. The minimum absolute atomic E-state index is 0.0358. The van der Waals surface area contributed by atoms with Gasteiger partial charge in [0.1, 0.15) is 5.76 Å². The maximum absolute atomic E-state index is 11.2. The Balaban J connectivity index is 2.16.